The molecule has 0 N–H and O–H groups in total. The van der Waals surface area contributed by atoms with Crippen LogP contribution in [0.3, 0.4) is 0 Å². The Balaban J connectivity index is 1.47. The van der Waals surface area contributed by atoms with E-state index in [0.29, 0.717) is 10.8 Å². The third-order valence-electron chi connectivity index (χ3n) is 10.5. The minimum atomic E-state index is -0.643. The maximum Gasteiger partial charge on any atom is 0.404 e. The van der Waals surface area contributed by atoms with Crippen LogP contribution in [0.4, 0.5) is 4.79 Å². The number of rotatable bonds is 6. The zero-order chi connectivity index (χ0) is 22.4. The first-order valence-corrected chi connectivity index (χ1v) is 13.6. The number of hydrogen-bond acceptors (Lipinski definition) is 2. The maximum atomic E-state index is 11.2. The fourth-order valence-corrected chi connectivity index (χ4v) is 9.01. The van der Waals surface area contributed by atoms with E-state index in [9.17, 15) is 4.79 Å². The quantitative estimate of drug-likeness (QED) is 0.299. The van der Waals surface area contributed by atoms with Gasteiger partial charge in [0.05, 0.1) is 0 Å². The van der Waals surface area contributed by atoms with Crippen molar-refractivity contribution in [3.63, 3.8) is 0 Å². The van der Waals surface area contributed by atoms with E-state index in [1.54, 1.807) is 5.57 Å². The fraction of sp³-hybridized carbons (Fsp3) is 0.893. The Morgan fingerprint density at radius 2 is 1.87 bits per heavy atom. The smallest absolute Gasteiger partial charge is 0.404 e. The highest BCUT2D eigenvalue weighted by molar-refractivity contribution is 6.61. The highest BCUT2D eigenvalue weighted by Gasteiger charge is 2.59. The number of halogens is 1. The van der Waals surface area contributed by atoms with Gasteiger partial charge in [0.1, 0.15) is 6.10 Å². The molecule has 0 spiro atoms. The van der Waals surface area contributed by atoms with E-state index >= 15 is 0 Å². The van der Waals surface area contributed by atoms with Crippen molar-refractivity contribution in [1.29, 1.82) is 0 Å². The predicted octanol–water partition coefficient (Wildman–Crippen LogP) is 8.77. The lowest BCUT2D eigenvalue weighted by Gasteiger charge is -2.58. The van der Waals surface area contributed by atoms with Crippen molar-refractivity contribution < 1.29 is 9.53 Å². The summed E-state index contributed by atoms with van der Waals surface area (Å²) in [6, 6.07) is 0. The normalized spacial score (nSPS) is 42.9. The molecule has 3 saturated carbocycles. The van der Waals surface area contributed by atoms with Crippen LogP contribution < -0.4 is 0 Å². The minimum Gasteiger partial charge on any atom is -0.450 e. The number of carbonyl (C=O) groups excluding carboxylic acids is 1. The summed E-state index contributed by atoms with van der Waals surface area (Å²) in [5.74, 6) is 5.19. The first kappa shape index (κ1) is 23.7. The van der Waals surface area contributed by atoms with Gasteiger partial charge >= 0.3 is 5.43 Å². The molecular weight excluding hydrogens is 404 g/mol. The monoisotopic (exact) mass is 448 g/mol. The molecule has 0 aromatic rings. The summed E-state index contributed by atoms with van der Waals surface area (Å²) in [6.45, 7) is 12.5. The van der Waals surface area contributed by atoms with E-state index in [0.717, 1.165) is 54.8 Å². The zero-order valence-corrected chi connectivity index (χ0v) is 21.3. The Labute approximate surface area is 195 Å². The second-order valence-corrected chi connectivity index (χ2v) is 12.8. The molecule has 176 valence electrons. The number of ether oxygens (including phenoxy) is 1. The summed E-state index contributed by atoms with van der Waals surface area (Å²) in [5.41, 5.74) is 1.77. The Bertz CT molecular complexity index is 699. The standard InChI is InChI=1S/C28H45ClO2/c1-18(2)7-6-8-19(3)23-11-12-24-22-10-9-20-17-21(31-26(29)30)13-15-27(20,4)25(22)14-16-28(23,24)5/h9,18-19,21-25H,6-8,10-17H2,1-5H3/t19-,21?,22?,23?,24?,25?,27?,28?/m1/s1. The van der Waals surface area contributed by atoms with Crippen molar-refractivity contribution in [3.8, 4) is 0 Å². The molecule has 0 aromatic heterocycles. The van der Waals surface area contributed by atoms with Crippen LogP contribution in [-0.2, 0) is 4.74 Å². The molecule has 0 heterocycles. The van der Waals surface area contributed by atoms with E-state index in [1.807, 2.05) is 0 Å². The molecule has 0 amide bonds. The Kier molecular flexibility index (Phi) is 6.89. The summed E-state index contributed by atoms with van der Waals surface area (Å²) in [7, 11) is 0. The summed E-state index contributed by atoms with van der Waals surface area (Å²) >= 11 is 5.51. The van der Waals surface area contributed by atoms with E-state index in [1.165, 1.54) is 51.4 Å². The van der Waals surface area contributed by atoms with Crippen LogP contribution in [-0.4, -0.2) is 11.5 Å². The SMILES string of the molecule is CC(C)CCC[C@@H](C)C1CCC2C3CC=C4CC(OC(=O)Cl)CCC4(C)C3CCC21C. The molecule has 4 aliphatic rings. The molecule has 8 atom stereocenters. The Morgan fingerprint density at radius 3 is 2.58 bits per heavy atom. The lowest BCUT2D eigenvalue weighted by molar-refractivity contribution is -0.0573. The number of hydrogen-bond donors (Lipinski definition) is 0. The molecule has 7 unspecified atom stereocenters. The van der Waals surface area contributed by atoms with Gasteiger partial charge in [-0.25, -0.2) is 4.79 Å². The van der Waals surface area contributed by atoms with Crippen molar-refractivity contribution in [1.82, 2.24) is 0 Å². The average molecular weight is 449 g/mol. The molecule has 4 rings (SSSR count). The van der Waals surface area contributed by atoms with Crippen molar-refractivity contribution in [2.24, 2.45) is 46.3 Å². The van der Waals surface area contributed by atoms with Crippen LogP contribution in [0.15, 0.2) is 11.6 Å². The van der Waals surface area contributed by atoms with Crippen molar-refractivity contribution >= 4 is 17.0 Å². The van der Waals surface area contributed by atoms with Crippen LogP contribution in [0.25, 0.3) is 0 Å². The largest absolute Gasteiger partial charge is 0.450 e. The van der Waals surface area contributed by atoms with Gasteiger partial charge < -0.3 is 4.74 Å². The number of carbonyl (C=O) groups is 1. The van der Waals surface area contributed by atoms with Crippen LogP contribution in [0, 0.1) is 46.3 Å². The summed E-state index contributed by atoms with van der Waals surface area (Å²) < 4.78 is 5.38. The summed E-state index contributed by atoms with van der Waals surface area (Å²) in [4.78, 5) is 11.2. The van der Waals surface area contributed by atoms with Gasteiger partial charge in [-0.05, 0) is 91.3 Å². The number of allylic oxidation sites excluding steroid dienone is 1. The number of fused-ring (bicyclic) bond motifs is 5. The van der Waals surface area contributed by atoms with Gasteiger partial charge in [-0.1, -0.05) is 65.5 Å². The van der Waals surface area contributed by atoms with E-state index in [4.69, 9.17) is 16.3 Å². The Hall–Kier alpha value is -0.500. The predicted molar refractivity (Wildman–Crippen MR) is 129 cm³/mol. The van der Waals surface area contributed by atoms with Gasteiger partial charge in [0.15, 0.2) is 0 Å². The first-order chi connectivity index (χ1) is 14.6. The summed E-state index contributed by atoms with van der Waals surface area (Å²) in [5, 5.41) is 0. The van der Waals surface area contributed by atoms with Gasteiger partial charge in [0.2, 0.25) is 0 Å². The lowest BCUT2D eigenvalue weighted by atomic mass is 9.47. The van der Waals surface area contributed by atoms with Crippen molar-refractivity contribution in [2.75, 3.05) is 0 Å². The van der Waals surface area contributed by atoms with E-state index in [-0.39, 0.29) is 6.10 Å². The third-order valence-corrected chi connectivity index (χ3v) is 10.6. The molecule has 0 radical (unpaired) electrons. The zero-order valence-electron chi connectivity index (χ0n) is 20.6. The van der Waals surface area contributed by atoms with Crippen molar-refractivity contribution in [2.45, 2.75) is 111 Å². The first-order valence-electron chi connectivity index (χ1n) is 13.2. The minimum absolute atomic E-state index is 0.0164. The van der Waals surface area contributed by atoms with Crippen molar-refractivity contribution in [3.05, 3.63) is 11.6 Å². The summed E-state index contributed by atoms with van der Waals surface area (Å²) in [6.07, 6.45) is 16.7. The lowest BCUT2D eigenvalue weighted by Crippen LogP contribution is -2.51. The molecule has 31 heavy (non-hydrogen) atoms. The van der Waals surface area contributed by atoms with Gasteiger partial charge in [-0.2, -0.15) is 0 Å². The molecule has 3 heteroatoms. The van der Waals surface area contributed by atoms with Crippen LogP contribution in [0.5, 0.6) is 0 Å². The highest BCUT2D eigenvalue weighted by atomic mass is 35.5. The topological polar surface area (TPSA) is 26.3 Å². The fourth-order valence-electron chi connectivity index (χ4n) is 8.88. The van der Waals surface area contributed by atoms with Crippen LogP contribution in [0.2, 0.25) is 0 Å². The molecular formula is C28H45ClO2. The van der Waals surface area contributed by atoms with Crippen LogP contribution in [0.1, 0.15) is 105 Å². The van der Waals surface area contributed by atoms with E-state index < -0.39 is 5.43 Å². The van der Waals surface area contributed by atoms with Crippen LogP contribution >= 0.6 is 11.6 Å². The average Bonchev–Trinajstić information content (AvgIpc) is 3.05. The van der Waals surface area contributed by atoms with E-state index in [2.05, 4.69) is 40.7 Å². The molecule has 0 saturated heterocycles. The van der Waals surface area contributed by atoms with Gasteiger partial charge in [-0.15, -0.1) is 0 Å². The molecule has 0 bridgehead atoms. The molecule has 0 aromatic carbocycles. The Morgan fingerprint density at radius 1 is 1.10 bits per heavy atom. The molecule has 0 aliphatic heterocycles. The molecule has 4 aliphatic carbocycles. The second-order valence-electron chi connectivity index (χ2n) is 12.5. The molecule has 2 nitrogen and oxygen atoms in total. The van der Waals surface area contributed by atoms with Gasteiger partial charge in [0, 0.05) is 18.0 Å². The molecule has 3 fully saturated rings. The highest BCUT2D eigenvalue weighted by Crippen LogP contribution is 2.67. The van der Waals surface area contributed by atoms with Gasteiger partial charge in [-0.3, -0.25) is 0 Å². The van der Waals surface area contributed by atoms with Gasteiger partial charge in [0.25, 0.3) is 0 Å². The second kappa shape index (κ2) is 9.03. The maximum absolute atomic E-state index is 11.2. The third kappa shape index (κ3) is 4.36.